The van der Waals surface area contributed by atoms with Crippen molar-refractivity contribution >= 4 is 24.8 Å². The Hall–Kier alpha value is -1.02. The van der Waals surface area contributed by atoms with Crippen LogP contribution in [0.3, 0.4) is 0 Å². The minimum Gasteiger partial charge on any atom is -0.406 e. The van der Waals surface area contributed by atoms with Gasteiger partial charge >= 0.3 is 6.36 Å². The van der Waals surface area contributed by atoms with Gasteiger partial charge in [0.25, 0.3) is 0 Å². The molecule has 23 heavy (non-hydrogen) atoms. The monoisotopic (exact) mass is 376 g/mol. The molecule has 1 aliphatic rings. The maximum Gasteiger partial charge on any atom is 0.573 e. The number of hydrogen-bond acceptors (Lipinski definition) is 3. The fourth-order valence-electron chi connectivity index (χ4n) is 2.38. The third kappa shape index (κ3) is 6.18. The molecule has 1 N–H and O–H groups in total. The fraction of sp³-hybridized carbons (Fsp3) is 0.429. The largest absolute Gasteiger partial charge is 0.573 e. The van der Waals surface area contributed by atoms with Gasteiger partial charge in [-0.1, -0.05) is 6.08 Å². The zero-order valence-electron chi connectivity index (χ0n) is 12.1. The van der Waals surface area contributed by atoms with Gasteiger partial charge < -0.3 is 10.1 Å². The van der Waals surface area contributed by atoms with Gasteiger partial charge in [0.05, 0.1) is 6.04 Å². The van der Waals surface area contributed by atoms with E-state index in [1.165, 1.54) is 6.08 Å². The Bertz CT molecular complexity index is 508. The van der Waals surface area contributed by atoms with Gasteiger partial charge in [0, 0.05) is 31.7 Å². The number of halogens is 6. The van der Waals surface area contributed by atoms with Crippen LogP contribution in [0, 0.1) is 5.82 Å². The Kier molecular flexibility index (Phi) is 8.90. The summed E-state index contributed by atoms with van der Waals surface area (Å²) in [5.74, 6) is -1.01. The smallest absolute Gasteiger partial charge is 0.406 e. The molecule has 1 aromatic rings. The predicted octanol–water partition coefficient (Wildman–Crippen LogP) is 3.70. The molecule has 0 spiro atoms. The lowest BCUT2D eigenvalue weighted by molar-refractivity contribution is -0.274. The third-order valence-electron chi connectivity index (χ3n) is 3.29. The Balaban J connectivity index is 0.00000242. The first-order valence-electron chi connectivity index (χ1n) is 6.53. The quantitative estimate of drug-likeness (QED) is 0.640. The molecule has 1 saturated heterocycles. The second kappa shape index (κ2) is 9.32. The molecule has 0 amide bonds. The second-order valence-corrected chi connectivity index (χ2v) is 4.70. The number of ether oxygens (including phenoxy) is 1. The summed E-state index contributed by atoms with van der Waals surface area (Å²) in [7, 11) is 0. The SMILES string of the molecule is C=C[C@H](c1cc(OC(F)(F)F)ccc1F)N1CCNCC1.Cl.Cl. The summed E-state index contributed by atoms with van der Waals surface area (Å²) < 4.78 is 54.6. The fourth-order valence-corrected chi connectivity index (χ4v) is 2.38. The van der Waals surface area contributed by atoms with E-state index in [0.29, 0.717) is 13.1 Å². The summed E-state index contributed by atoms with van der Waals surface area (Å²) in [4.78, 5) is 1.96. The molecule has 0 radical (unpaired) electrons. The molecule has 9 heteroatoms. The molecule has 1 aromatic carbocycles. The zero-order chi connectivity index (χ0) is 15.5. The average molecular weight is 377 g/mol. The van der Waals surface area contributed by atoms with Gasteiger partial charge in [-0.2, -0.15) is 0 Å². The molecule has 0 aromatic heterocycles. The molecular weight excluding hydrogens is 359 g/mol. The number of nitrogens with one attached hydrogen (secondary N) is 1. The minimum atomic E-state index is -4.80. The van der Waals surface area contributed by atoms with E-state index >= 15 is 0 Å². The number of alkyl halides is 3. The van der Waals surface area contributed by atoms with E-state index < -0.39 is 24.0 Å². The summed E-state index contributed by atoms with van der Waals surface area (Å²) in [6.07, 6.45) is -3.27. The topological polar surface area (TPSA) is 24.5 Å². The molecule has 132 valence electrons. The van der Waals surface area contributed by atoms with E-state index in [4.69, 9.17) is 0 Å². The lowest BCUT2D eigenvalue weighted by atomic mass is 10.0. The highest BCUT2D eigenvalue weighted by molar-refractivity contribution is 5.85. The van der Waals surface area contributed by atoms with Gasteiger partial charge in [0.2, 0.25) is 0 Å². The lowest BCUT2D eigenvalue weighted by Crippen LogP contribution is -2.44. The van der Waals surface area contributed by atoms with Gasteiger partial charge in [-0.05, 0) is 18.2 Å². The van der Waals surface area contributed by atoms with Crippen LogP contribution in [0.5, 0.6) is 5.75 Å². The summed E-state index contributed by atoms with van der Waals surface area (Å²) in [6, 6.07) is 2.54. The van der Waals surface area contributed by atoms with Gasteiger partial charge in [0.15, 0.2) is 0 Å². The summed E-state index contributed by atoms with van der Waals surface area (Å²) in [5.41, 5.74) is 0.133. The van der Waals surface area contributed by atoms with Crippen molar-refractivity contribution in [3.05, 3.63) is 42.2 Å². The van der Waals surface area contributed by atoms with E-state index in [9.17, 15) is 17.6 Å². The van der Waals surface area contributed by atoms with Crippen LogP contribution < -0.4 is 10.1 Å². The zero-order valence-corrected chi connectivity index (χ0v) is 13.7. The first-order chi connectivity index (χ1) is 9.90. The number of nitrogens with zero attached hydrogens (tertiary/aromatic N) is 1. The van der Waals surface area contributed by atoms with E-state index in [1.54, 1.807) is 0 Å². The first kappa shape index (κ1) is 22.0. The van der Waals surface area contributed by atoms with Gasteiger partial charge in [-0.3, -0.25) is 4.90 Å². The van der Waals surface area contributed by atoms with Crippen molar-refractivity contribution in [2.75, 3.05) is 26.2 Å². The predicted molar refractivity (Wildman–Crippen MR) is 85.0 cm³/mol. The van der Waals surface area contributed by atoms with E-state index in [2.05, 4.69) is 16.6 Å². The Labute approximate surface area is 144 Å². The maximum absolute atomic E-state index is 14.0. The van der Waals surface area contributed by atoms with Crippen LogP contribution in [0.2, 0.25) is 0 Å². The summed E-state index contributed by atoms with van der Waals surface area (Å²) in [5, 5.41) is 3.16. The van der Waals surface area contributed by atoms with Crippen LogP contribution in [0.15, 0.2) is 30.9 Å². The number of piperazine rings is 1. The third-order valence-corrected chi connectivity index (χ3v) is 3.29. The van der Waals surface area contributed by atoms with Crippen molar-refractivity contribution in [2.45, 2.75) is 12.4 Å². The van der Waals surface area contributed by atoms with Gasteiger partial charge in [0.1, 0.15) is 11.6 Å². The molecule has 1 heterocycles. The van der Waals surface area contributed by atoms with Crippen molar-refractivity contribution in [3.8, 4) is 5.75 Å². The van der Waals surface area contributed by atoms with Crippen molar-refractivity contribution in [1.29, 1.82) is 0 Å². The molecule has 3 nitrogen and oxygen atoms in total. The molecule has 0 unspecified atom stereocenters. The number of rotatable bonds is 4. The Morgan fingerprint density at radius 3 is 2.35 bits per heavy atom. The van der Waals surface area contributed by atoms with Gasteiger partial charge in [-0.25, -0.2) is 4.39 Å². The Morgan fingerprint density at radius 2 is 1.83 bits per heavy atom. The molecular formula is C14H18Cl2F4N2O. The van der Waals surface area contributed by atoms with Gasteiger partial charge in [-0.15, -0.1) is 44.6 Å². The van der Waals surface area contributed by atoms with Crippen molar-refractivity contribution < 1.29 is 22.3 Å². The standard InChI is InChI=1S/C14H16F4N2O.2ClH/c1-2-13(20-7-5-19-6-8-20)11-9-10(3-4-12(11)15)21-14(16,17)18;;/h2-4,9,13,19H,1,5-8H2;2*1H/t13-;;/m1../s1. The maximum atomic E-state index is 14.0. The van der Waals surface area contributed by atoms with E-state index in [-0.39, 0.29) is 30.4 Å². The van der Waals surface area contributed by atoms with Crippen LogP contribution in [-0.4, -0.2) is 37.4 Å². The van der Waals surface area contributed by atoms with Crippen LogP contribution >= 0.6 is 24.8 Å². The summed E-state index contributed by atoms with van der Waals surface area (Å²) in [6.45, 7) is 6.48. The molecule has 0 aliphatic carbocycles. The normalized spacial score (nSPS) is 16.7. The van der Waals surface area contributed by atoms with E-state index in [1.807, 2.05) is 4.90 Å². The second-order valence-electron chi connectivity index (χ2n) is 4.70. The van der Waals surface area contributed by atoms with Crippen LogP contribution in [0.1, 0.15) is 11.6 Å². The molecule has 2 rings (SSSR count). The number of hydrogen-bond donors (Lipinski definition) is 1. The highest BCUT2D eigenvalue weighted by Gasteiger charge is 2.32. The van der Waals surface area contributed by atoms with Crippen molar-refractivity contribution in [2.24, 2.45) is 0 Å². The molecule has 1 aliphatic heterocycles. The van der Waals surface area contributed by atoms with E-state index in [0.717, 1.165) is 31.3 Å². The molecule has 1 fully saturated rings. The van der Waals surface area contributed by atoms with Crippen LogP contribution in [-0.2, 0) is 0 Å². The van der Waals surface area contributed by atoms with Crippen molar-refractivity contribution in [3.63, 3.8) is 0 Å². The number of benzene rings is 1. The highest BCUT2D eigenvalue weighted by atomic mass is 35.5. The minimum absolute atomic E-state index is 0. The lowest BCUT2D eigenvalue weighted by Gasteiger charge is -2.33. The van der Waals surface area contributed by atoms with Crippen LogP contribution in [0.4, 0.5) is 17.6 Å². The summed E-state index contributed by atoms with van der Waals surface area (Å²) >= 11 is 0. The highest BCUT2D eigenvalue weighted by Crippen LogP contribution is 2.30. The molecule has 0 bridgehead atoms. The first-order valence-corrected chi connectivity index (χ1v) is 6.53. The molecule has 0 saturated carbocycles. The Morgan fingerprint density at radius 1 is 1.22 bits per heavy atom. The van der Waals surface area contributed by atoms with Crippen LogP contribution in [0.25, 0.3) is 0 Å². The van der Waals surface area contributed by atoms with Crippen molar-refractivity contribution in [1.82, 2.24) is 10.2 Å². The average Bonchev–Trinajstić information content (AvgIpc) is 2.43. The molecule has 1 atom stereocenters.